The number of methoxy groups -OCH3 is 1. The van der Waals surface area contributed by atoms with Gasteiger partial charge in [-0.25, -0.2) is 0 Å². The molecule has 1 aromatic rings. The average molecular weight is 350 g/mol. The van der Waals surface area contributed by atoms with Gasteiger partial charge in [0, 0.05) is 11.0 Å². The van der Waals surface area contributed by atoms with E-state index in [9.17, 15) is 15.3 Å². The molecule has 2 aliphatic rings. The molecule has 4 heteroatoms. The first-order chi connectivity index (χ1) is 12.3. The number of carbonyl (C=O) groups is 1. The molecule has 2 fully saturated rings. The van der Waals surface area contributed by atoms with Crippen molar-refractivity contribution in [2.24, 2.45) is 28.1 Å². The number of ketones is 1. The molecular formula is C22H26N2O2. The standard InChI is InChI=1S/C22H26N2O2/c1-20(2,3)16-8-10-21(11-9-16)19(22(21,13-23)14-24)18(25)15-6-5-7-17(12-15)26-4/h5-7,12,16,19H,8-11H2,1-4H3/t16?,19-,21?/m1/s1. The Morgan fingerprint density at radius 3 is 2.31 bits per heavy atom. The van der Waals surface area contributed by atoms with Gasteiger partial charge in [-0.1, -0.05) is 32.9 Å². The van der Waals surface area contributed by atoms with Crippen LogP contribution in [0.15, 0.2) is 24.3 Å². The van der Waals surface area contributed by atoms with E-state index in [1.165, 1.54) is 0 Å². The van der Waals surface area contributed by atoms with Crippen molar-refractivity contribution in [2.75, 3.05) is 7.11 Å². The molecule has 0 aromatic heterocycles. The summed E-state index contributed by atoms with van der Waals surface area (Å²) in [5.74, 6) is 0.553. The summed E-state index contributed by atoms with van der Waals surface area (Å²) in [5.41, 5.74) is -0.932. The number of hydrogen-bond donors (Lipinski definition) is 0. The zero-order valence-electron chi connectivity index (χ0n) is 16.0. The topological polar surface area (TPSA) is 73.9 Å². The third-order valence-corrected chi connectivity index (χ3v) is 6.76. The highest BCUT2D eigenvalue weighted by Gasteiger charge is 2.80. The highest BCUT2D eigenvalue weighted by molar-refractivity contribution is 6.02. The zero-order valence-corrected chi connectivity index (χ0v) is 16.0. The van der Waals surface area contributed by atoms with Gasteiger partial charge in [0.15, 0.2) is 11.2 Å². The fraction of sp³-hybridized carbons (Fsp3) is 0.591. The smallest absolute Gasteiger partial charge is 0.169 e. The SMILES string of the molecule is COc1cccc(C(=O)[C@H]2C(C#N)(C#N)C23CCC(C(C)(C)C)CC3)c1. The second-order valence-electron chi connectivity index (χ2n) is 8.86. The van der Waals surface area contributed by atoms with Gasteiger partial charge in [0.05, 0.1) is 25.2 Å². The molecule has 4 nitrogen and oxygen atoms in total. The summed E-state index contributed by atoms with van der Waals surface area (Å²) in [4.78, 5) is 13.2. The van der Waals surface area contributed by atoms with Crippen molar-refractivity contribution in [1.29, 1.82) is 10.5 Å². The molecule has 0 N–H and O–H groups in total. The first-order valence-corrected chi connectivity index (χ1v) is 9.26. The number of Topliss-reactive ketones (excluding diaryl/α,β-unsaturated/α-hetero) is 1. The molecule has 0 bridgehead atoms. The van der Waals surface area contributed by atoms with Crippen LogP contribution in [-0.2, 0) is 0 Å². The van der Waals surface area contributed by atoms with Crippen molar-refractivity contribution in [3.8, 4) is 17.9 Å². The second kappa shape index (κ2) is 6.13. The van der Waals surface area contributed by atoms with Crippen LogP contribution in [0.4, 0.5) is 0 Å². The molecule has 136 valence electrons. The Balaban J connectivity index is 1.91. The van der Waals surface area contributed by atoms with Crippen LogP contribution in [0, 0.1) is 50.7 Å². The predicted octanol–water partition coefficient (Wildman–Crippen LogP) is 4.76. The van der Waals surface area contributed by atoms with Crippen LogP contribution in [0.2, 0.25) is 0 Å². The molecule has 1 atom stereocenters. The summed E-state index contributed by atoms with van der Waals surface area (Å²) >= 11 is 0. The maximum atomic E-state index is 13.2. The second-order valence-corrected chi connectivity index (χ2v) is 8.86. The highest BCUT2D eigenvalue weighted by atomic mass is 16.5. The van der Waals surface area contributed by atoms with Gasteiger partial charge in [0.1, 0.15) is 5.75 Å². The molecule has 0 saturated heterocycles. The predicted molar refractivity (Wildman–Crippen MR) is 98.3 cm³/mol. The minimum absolute atomic E-state index is 0.0961. The van der Waals surface area contributed by atoms with Crippen molar-refractivity contribution < 1.29 is 9.53 Å². The summed E-state index contributed by atoms with van der Waals surface area (Å²) in [6.45, 7) is 6.72. The van der Waals surface area contributed by atoms with E-state index >= 15 is 0 Å². The third-order valence-electron chi connectivity index (χ3n) is 6.76. The van der Waals surface area contributed by atoms with Crippen LogP contribution >= 0.6 is 0 Å². The lowest BCUT2D eigenvalue weighted by Crippen LogP contribution is -2.29. The number of hydrogen-bond acceptors (Lipinski definition) is 4. The zero-order chi connectivity index (χ0) is 19.2. The van der Waals surface area contributed by atoms with Crippen molar-refractivity contribution in [3.63, 3.8) is 0 Å². The Kier molecular flexibility index (Phi) is 4.35. The van der Waals surface area contributed by atoms with E-state index in [0.717, 1.165) is 25.7 Å². The van der Waals surface area contributed by atoms with Crippen LogP contribution in [0.3, 0.4) is 0 Å². The Morgan fingerprint density at radius 2 is 1.81 bits per heavy atom. The minimum Gasteiger partial charge on any atom is -0.497 e. The molecule has 0 radical (unpaired) electrons. The van der Waals surface area contributed by atoms with E-state index < -0.39 is 16.7 Å². The Bertz CT molecular complexity index is 785. The lowest BCUT2D eigenvalue weighted by atomic mass is 9.67. The van der Waals surface area contributed by atoms with Crippen molar-refractivity contribution in [3.05, 3.63) is 29.8 Å². The van der Waals surface area contributed by atoms with Crippen LogP contribution in [-0.4, -0.2) is 12.9 Å². The number of rotatable bonds is 3. The molecule has 3 rings (SSSR count). The van der Waals surface area contributed by atoms with Crippen LogP contribution < -0.4 is 4.74 Å². The fourth-order valence-corrected chi connectivity index (χ4v) is 5.04. The number of ether oxygens (including phenoxy) is 1. The van der Waals surface area contributed by atoms with Crippen LogP contribution in [0.5, 0.6) is 5.75 Å². The molecule has 2 aliphatic carbocycles. The molecule has 1 spiro atoms. The van der Waals surface area contributed by atoms with E-state index in [2.05, 4.69) is 32.9 Å². The normalized spacial score (nSPS) is 29.5. The Labute approximate surface area is 155 Å². The summed E-state index contributed by atoms with van der Waals surface area (Å²) < 4.78 is 5.22. The first kappa shape index (κ1) is 18.5. The minimum atomic E-state index is -1.18. The molecule has 0 aliphatic heterocycles. The van der Waals surface area contributed by atoms with Crippen LogP contribution in [0.1, 0.15) is 56.8 Å². The number of nitriles is 2. The van der Waals surface area contributed by atoms with E-state index in [1.807, 2.05) is 0 Å². The first-order valence-electron chi connectivity index (χ1n) is 9.26. The number of benzene rings is 1. The van der Waals surface area contributed by atoms with Crippen molar-refractivity contribution in [2.45, 2.75) is 46.5 Å². The van der Waals surface area contributed by atoms with Crippen molar-refractivity contribution in [1.82, 2.24) is 0 Å². The fourth-order valence-electron chi connectivity index (χ4n) is 5.04. The lowest BCUT2D eigenvalue weighted by Gasteiger charge is -2.38. The van der Waals surface area contributed by atoms with Gasteiger partial charge in [0.2, 0.25) is 0 Å². The highest BCUT2D eigenvalue weighted by Crippen LogP contribution is 2.76. The Hall–Kier alpha value is -2.33. The lowest BCUT2D eigenvalue weighted by molar-refractivity contribution is 0.0905. The largest absolute Gasteiger partial charge is 0.497 e. The summed E-state index contributed by atoms with van der Waals surface area (Å²) in [6, 6.07) is 11.5. The maximum Gasteiger partial charge on any atom is 0.169 e. The quantitative estimate of drug-likeness (QED) is 0.736. The van der Waals surface area contributed by atoms with E-state index in [-0.39, 0.29) is 11.2 Å². The third kappa shape index (κ3) is 2.52. The van der Waals surface area contributed by atoms with Crippen molar-refractivity contribution >= 4 is 5.78 Å². The van der Waals surface area contributed by atoms with Gasteiger partial charge in [0.25, 0.3) is 0 Å². The summed E-state index contributed by atoms with van der Waals surface area (Å²) in [6.07, 6.45) is 3.49. The van der Waals surface area contributed by atoms with Crippen LogP contribution in [0.25, 0.3) is 0 Å². The van der Waals surface area contributed by atoms with Gasteiger partial charge in [-0.2, -0.15) is 10.5 Å². The number of carbonyl (C=O) groups excluding carboxylic acids is 1. The summed E-state index contributed by atoms with van der Waals surface area (Å²) in [5, 5.41) is 19.6. The molecule has 1 aromatic carbocycles. The molecule has 2 saturated carbocycles. The van der Waals surface area contributed by atoms with Gasteiger partial charge in [-0.05, 0) is 49.1 Å². The van der Waals surface area contributed by atoms with Gasteiger partial charge < -0.3 is 4.74 Å². The monoisotopic (exact) mass is 350 g/mol. The van der Waals surface area contributed by atoms with E-state index in [1.54, 1.807) is 31.4 Å². The molecule has 26 heavy (non-hydrogen) atoms. The molecule has 0 heterocycles. The molecule has 0 unspecified atom stereocenters. The van der Waals surface area contributed by atoms with Gasteiger partial charge in [-0.15, -0.1) is 0 Å². The number of nitrogens with zero attached hydrogens (tertiary/aromatic N) is 2. The van der Waals surface area contributed by atoms with Gasteiger partial charge in [-0.3, -0.25) is 4.79 Å². The summed E-state index contributed by atoms with van der Waals surface area (Å²) in [7, 11) is 1.56. The van der Waals surface area contributed by atoms with E-state index in [0.29, 0.717) is 17.2 Å². The van der Waals surface area contributed by atoms with E-state index in [4.69, 9.17) is 4.74 Å². The van der Waals surface area contributed by atoms with Gasteiger partial charge >= 0.3 is 0 Å². The molecule has 0 amide bonds. The maximum absolute atomic E-state index is 13.2. The molecular weight excluding hydrogens is 324 g/mol. The Morgan fingerprint density at radius 1 is 1.19 bits per heavy atom. The average Bonchev–Trinajstić information content (AvgIpc) is 3.20.